The van der Waals surface area contributed by atoms with Crippen LogP contribution in [0.5, 0.6) is 0 Å². The molecule has 0 aliphatic carbocycles. The summed E-state index contributed by atoms with van der Waals surface area (Å²) in [6, 6.07) is 10.9. The highest BCUT2D eigenvalue weighted by molar-refractivity contribution is 9.10. The molecule has 1 amide bonds. The molecule has 0 fully saturated rings. The van der Waals surface area contributed by atoms with Gasteiger partial charge in [-0.2, -0.15) is 0 Å². The number of anilines is 2. The number of rotatable bonds is 5. The van der Waals surface area contributed by atoms with Crippen LogP contribution in [0.3, 0.4) is 0 Å². The summed E-state index contributed by atoms with van der Waals surface area (Å²) in [5, 5.41) is 6.00. The maximum absolute atomic E-state index is 12.0. The third-order valence-electron chi connectivity index (χ3n) is 2.66. The summed E-state index contributed by atoms with van der Waals surface area (Å²) in [7, 11) is 0. The Labute approximate surface area is 126 Å². The van der Waals surface area contributed by atoms with Gasteiger partial charge >= 0.3 is 0 Å². The predicted molar refractivity (Wildman–Crippen MR) is 85.1 cm³/mol. The number of hydrogen-bond donors (Lipinski definition) is 2. The van der Waals surface area contributed by atoms with Crippen molar-refractivity contribution in [3.8, 4) is 0 Å². The van der Waals surface area contributed by atoms with Crippen molar-refractivity contribution in [2.45, 2.75) is 13.3 Å². The van der Waals surface area contributed by atoms with E-state index in [0.717, 1.165) is 23.3 Å². The van der Waals surface area contributed by atoms with Gasteiger partial charge in [-0.3, -0.25) is 4.79 Å². The molecular weight excluding hydrogens is 318 g/mol. The summed E-state index contributed by atoms with van der Waals surface area (Å²) >= 11 is 3.35. The fraction of sp³-hybridized carbons (Fsp3) is 0.200. The molecule has 5 heteroatoms. The Morgan fingerprint density at radius 1 is 1.30 bits per heavy atom. The number of carbonyl (C=O) groups excluding carboxylic acids is 1. The Hall–Kier alpha value is -1.88. The molecule has 0 aliphatic heterocycles. The Morgan fingerprint density at radius 3 is 2.80 bits per heavy atom. The highest BCUT2D eigenvalue weighted by atomic mass is 79.9. The lowest BCUT2D eigenvalue weighted by Gasteiger charge is -2.07. The van der Waals surface area contributed by atoms with E-state index in [4.69, 9.17) is 0 Å². The second kappa shape index (κ2) is 7.05. The Bertz CT molecular complexity index is 584. The molecule has 0 saturated heterocycles. The molecule has 0 saturated carbocycles. The number of benzene rings is 1. The van der Waals surface area contributed by atoms with Crippen LogP contribution in [0.2, 0.25) is 0 Å². The molecule has 0 bridgehead atoms. The van der Waals surface area contributed by atoms with Gasteiger partial charge in [0.2, 0.25) is 0 Å². The van der Waals surface area contributed by atoms with Crippen LogP contribution in [0.25, 0.3) is 0 Å². The van der Waals surface area contributed by atoms with Gasteiger partial charge in [0.05, 0.1) is 11.9 Å². The molecule has 1 aromatic heterocycles. The minimum atomic E-state index is -0.151. The molecule has 2 rings (SSSR count). The maximum Gasteiger partial charge on any atom is 0.255 e. The molecule has 20 heavy (non-hydrogen) atoms. The molecule has 1 aromatic carbocycles. The first-order chi connectivity index (χ1) is 9.69. The average molecular weight is 334 g/mol. The van der Waals surface area contributed by atoms with E-state index >= 15 is 0 Å². The van der Waals surface area contributed by atoms with Gasteiger partial charge < -0.3 is 10.6 Å². The van der Waals surface area contributed by atoms with Crippen LogP contribution in [-0.4, -0.2) is 17.4 Å². The van der Waals surface area contributed by atoms with Gasteiger partial charge in [-0.25, -0.2) is 4.98 Å². The van der Waals surface area contributed by atoms with Crippen molar-refractivity contribution >= 4 is 33.3 Å². The summed E-state index contributed by atoms with van der Waals surface area (Å²) in [5.74, 6) is 0.662. The van der Waals surface area contributed by atoms with Crippen molar-refractivity contribution in [1.82, 2.24) is 4.98 Å². The van der Waals surface area contributed by atoms with Crippen LogP contribution in [0.4, 0.5) is 11.5 Å². The summed E-state index contributed by atoms with van der Waals surface area (Å²) in [4.78, 5) is 16.3. The molecule has 0 atom stereocenters. The van der Waals surface area contributed by atoms with Gasteiger partial charge in [-0.1, -0.05) is 28.9 Å². The second-order valence-electron chi connectivity index (χ2n) is 4.32. The molecule has 0 aliphatic rings. The van der Waals surface area contributed by atoms with E-state index in [1.165, 1.54) is 0 Å². The lowest BCUT2D eigenvalue weighted by Crippen LogP contribution is -2.12. The molecule has 0 radical (unpaired) electrons. The number of carbonyl (C=O) groups is 1. The van der Waals surface area contributed by atoms with Gasteiger partial charge in [0.15, 0.2) is 0 Å². The first kappa shape index (κ1) is 14.5. The van der Waals surface area contributed by atoms with Gasteiger partial charge in [-0.15, -0.1) is 0 Å². The Balaban J connectivity index is 2.01. The maximum atomic E-state index is 12.0. The standard InChI is InChI=1S/C15H16BrN3O/c1-2-8-17-14-7-6-13(10-18-14)19-15(20)11-4-3-5-12(16)9-11/h3-7,9-10H,2,8H2,1H3,(H,17,18)(H,19,20). The molecule has 104 valence electrons. The van der Waals surface area contributed by atoms with Gasteiger partial charge in [-0.05, 0) is 36.8 Å². The SMILES string of the molecule is CCCNc1ccc(NC(=O)c2cccc(Br)c2)cn1. The molecule has 0 unspecified atom stereocenters. The fourth-order valence-corrected chi connectivity index (χ4v) is 2.06. The molecule has 2 N–H and O–H groups in total. The van der Waals surface area contributed by atoms with Crippen LogP contribution < -0.4 is 10.6 Å². The highest BCUT2D eigenvalue weighted by Crippen LogP contribution is 2.14. The number of aromatic nitrogens is 1. The predicted octanol–water partition coefficient (Wildman–Crippen LogP) is 3.92. The van der Waals surface area contributed by atoms with Crippen molar-refractivity contribution in [3.63, 3.8) is 0 Å². The zero-order valence-electron chi connectivity index (χ0n) is 11.2. The van der Waals surface area contributed by atoms with Crippen molar-refractivity contribution in [1.29, 1.82) is 0 Å². The van der Waals surface area contributed by atoms with E-state index < -0.39 is 0 Å². The van der Waals surface area contributed by atoms with Crippen LogP contribution in [0.1, 0.15) is 23.7 Å². The number of nitrogens with one attached hydrogen (secondary N) is 2. The van der Waals surface area contributed by atoms with Crippen molar-refractivity contribution in [2.24, 2.45) is 0 Å². The van der Waals surface area contributed by atoms with E-state index in [0.29, 0.717) is 11.3 Å². The first-order valence-corrected chi connectivity index (χ1v) is 7.25. The second-order valence-corrected chi connectivity index (χ2v) is 5.24. The summed E-state index contributed by atoms with van der Waals surface area (Å²) in [6.07, 6.45) is 2.69. The zero-order valence-corrected chi connectivity index (χ0v) is 12.8. The summed E-state index contributed by atoms with van der Waals surface area (Å²) < 4.78 is 0.877. The minimum absolute atomic E-state index is 0.151. The van der Waals surface area contributed by atoms with Crippen molar-refractivity contribution < 1.29 is 4.79 Å². The lowest BCUT2D eigenvalue weighted by molar-refractivity contribution is 0.102. The number of pyridine rings is 1. The molecular formula is C15H16BrN3O. The minimum Gasteiger partial charge on any atom is -0.370 e. The third kappa shape index (κ3) is 4.06. The fourth-order valence-electron chi connectivity index (χ4n) is 1.66. The monoisotopic (exact) mass is 333 g/mol. The average Bonchev–Trinajstić information content (AvgIpc) is 2.46. The summed E-state index contributed by atoms with van der Waals surface area (Å²) in [5.41, 5.74) is 1.28. The Morgan fingerprint density at radius 2 is 2.15 bits per heavy atom. The van der Waals surface area contributed by atoms with Crippen molar-refractivity contribution in [3.05, 3.63) is 52.6 Å². The molecule has 0 spiro atoms. The lowest BCUT2D eigenvalue weighted by atomic mass is 10.2. The van der Waals surface area contributed by atoms with Crippen LogP contribution >= 0.6 is 15.9 Å². The number of hydrogen-bond acceptors (Lipinski definition) is 3. The Kier molecular flexibility index (Phi) is 5.12. The number of nitrogens with zero attached hydrogens (tertiary/aromatic N) is 1. The van der Waals surface area contributed by atoms with E-state index in [1.54, 1.807) is 18.3 Å². The number of halogens is 1. The molecule has 2 aromatic rings. The van der Waals surface area contributed by atoms with Crippen LogP contribution in [0.15, 0.2) is 47.1 Å². The van der Waals surface area contributed by atoms with Crippen molar-refractivity contribution in [2.75, 3.05) is 17.2 Å². The smallest absolute Gasteiger partial charge is 0.255 e. The zero-order chi connectivity index (χ0) is 14.4. The van der Waals surface area contributed by atoms with E-state index in [1.807, 2.05) is 24.3 Å². The van der Waals surface area contributed by atoms with Crippen LogP contribution in [0, 0.1) is 0 Å². The molecule has 4 nitrogen and oxygen atoms in total. The topological polar surface area (TPSA) is 54.0 Å². The van der Waals surface area contributed by atoms with Gasteiger partial charge in [0.25, 0.3) is 5.91 Å². The quantitative estimate of drug-likeness (QED) is 0.871. The molecule has 1 heterocycles. The van der Waals surface area contributed by atoms with Gasteiger partial charge in [0, 0.05) is 16.6 Å². The third-order valence-corrected chi connectivity index (χ3v) is 3.16. The van der Waals surface area contributed by atoms with Gasteiger partial charge in [0.1, 0.15) is 5.82 Å². The van der Waals surface area contributed by atoms with E-state index in [2.05, 4.69) is 38.5 Å². The van der Waals surface area contributed by atoms with E-state index in [9.17, 15) is 4.79 Å². The summed E-state index contributed by atoms with van der Waals surface area (Å²) in [6.45, 7) is 2.98. The first-order valence-electron chi connectivity index (χ1n) is 6.46. The highest BCUT2D eigenvalue weighted by Gasteiger charge is 2.06. The van der Waals surface area contributed by atoms with Crippen LogP contribution in [-0.2, 0) is 0 Å². The number of amides is 1. The largest absolute Gasteiger partial charge is 0.370 e. The van der Waals surface area contributed by atoms with E-state index in [-0.39, 0.29) is 5.91 Å². The normalized spacial score (nSPS) is 10.1.